The molecular formula is C13H18ClN3O3. The molecule has 20 heavy (non-hydrogen) atoms. The molecule has 1 N–H and O–H groups in total. The second-order valence-electron chi connectivity index (χ2n) is 4.77. The highest BCUT2D eigenvalue weighted by Crippen LogP contribution is 2.23. The highest BCUT2D eigenvalue weighted by Gasteiger charge is 2.26. The van der Waals surface area contributed by atoms with Crippen LogP contribution in [0.5, 0.6) is 0 Å². The number of rotatable bonds is 3. The first-order chi connectivity index (χ1) is 9.02. The quantitative estimate of drug-likeness (QED) is 0.681. The molecule has 1 fully saturated rings. The number of benzene rings is 1. The normalized spacial score (nSPS) is 17.4. The third kappa shape index (κ3) is 3.08. The van der Waals surface area contributed by atoms with Gasteiger partial charge in [0.2, 0.25) is 0 Å². The minimum absolute atomic E-state index is 0. The molecule has 1 aromatic carbocycles. The second-order valence-corrected chi connectivity index (χ2v) is 4.77. The molecule has 0 radical (unpaired) electrons. The smallest absolute Gasteiger partial charge is 0.273 e. The Balaban J connectivity index is 0.00000200. The van der Waals surface area contributed by atoms with Gasteiger partial charge in [-0.2, -0.15) is 0 Å². The summed E-state index contributed by atoms with van der Waals surface area (Å²) in [4.78, 5) is 24.5. The number of hydrogen-bond donors (Lipinski definition) is 1. The molecule has 0 aliphatic carbocycles. The molecule has 0 spiro atoms. The maximum absolute atomic E-state index is 12.4. The summed E-state index contributed by atoms with van der Waals surface area (Å²) in [5.74, 6) is -0.157. The summed E-state index contributed by atoms with van der Waals surface area (Å²) in [6.45, 7) is 3.29. The van der Waals surface area contributed by atoms with Crippen LogP contribution in [0.25, 0.3) is 0 Å². The predicted octanol–water partition coefficient (Wildman–Crippen LogP) is 1.76. The summed E-state index contributed by atoms with van der Waals surface area (Å²) in [7, 11) is 1.75. The molecule has 1 aliphatic heterocycles. The van der Waals surface area contributed by atoms with Crippen LogP contribution in [0, 0.1) is 17.0 Å². The molecule has 0 aromatic heterocycles. The largest absolute Gasteiger partial charge is 0.337 e. The molecule has 1 heterocycles. The number of amides is 1. The summed E-state index contributed by atoms with van der Waals surface area (Å²) >= 11 is 0. The van der Waals surface area contributed by atoms with E-state index in [0.717, 1.165) is 19.5 Å². The van der Waals surface area contributed by atoms with Crippen LogP contribution in [-0.2, 0) is 0 Å². The molecule has 1 atom stereocenters. The van der Waals surface area contributed by atoms with E-state index in [1.165, 1.54) is 6.07 Å². The maximum Gasteiger partial charge on any atom is 0.273 e. The molecule has 6 nitrogen and oxygen atoms in total. The first-order valence-electron chi connectivity index (χ1n) is 6.24. The van der Waals surface area contributed by atoms with Crippen molar-refractivity contribution >= 4 is 24.0 Å². The summed E-state index contributed by atoms with van der Waals surface area (Å²) in [5, 5.41) is 14.1. The molecule has 1 aromatic rings. The van der Waals surface area contributed by atoms with Gasteiger partial charge < -0.3 is 10.2 Å². The van der Waals surface area contributed by atoms with Crippen LogP contribution >= 0.6 is 12.4 Å². The lowest BCUT2D eigenvalue weighted by Gasteiger charge is -2.24. The van der Waals surface area contributed by atoms with Crippen LogP contribution in [0.3, 0.4) is 0 Å². The third-order valence-corrected chi connectivity index (χ3v) is 3.63. The van der Waals surface area contributed by atoms with Crippen molar-refractivity contribution in [2.24, 2.45) is 0 Å². The molecule has 1 aliphatic rings. The molecule has 110 valence electrons. The van der Waals surface area contributed by atoms with Gasteiger partial charge in [0, 0.05) is 36.8 Å². The fraction of sp³-hybridized carbons (Fsp3) is 0.462. The Labute approximate surface area is 123 Å². The standard InChI is InChI=1S/C13H17N3O3.ClH/c1-9-11(4-3-5-12(9)16(18)19)13(17)15(2)10-6-7-14-8-10;/h3-5,10,14H,6-8H2,1-2H3;1H. The Kier molecular flexibility index (Phi) is 5.47. The van der Waals surface area contributed by atoms with E-state index in [0.29, 0.717) is 11.1 Å². The summed E-state index contributed by atoms with van der Waals surface area (Å²) in [6.07, 6.45) is 0.913. The van der Waals surface area contributed by atoms with Crippen molar-refractivity contribution < 1.29 is 9.72 Å². The maximum atomic E-state index is 12.4. The van der Waals surface area contributed by atoms with Gasteiger partial charge in [-0.3, -0.25) is 14.9 Å². The molecule has 1 amide bonds. The van der Waals surface area contributed by atoms with Gasteiger partial charge in [0.05, 0.1) is 4.92 Å². The van der Waals surface area contributed by atoms with Crippen molar-refractivity contribution in [3.63, 3.8) is 0 Å². The highest BCUT2D eigenvalue weighted by molar-refractivity contribution is 5.96. The molecule has 7 heteroatoms. The van der Waals surface area contributed by atoms with Gasteiger partial charge in [-0.1, -0.05) is 6.07 Å². The highest BCUT2D eigenvalue weighted by atomic mass is 35.5. The number of halogens is 1. The van der Waals surface area contributed by atoms with Crippen LogP contribution in [-0.4, -0.2) is 41.9 Å². The van der Waals surface area contributed by atoms with Crippen LogP contribution < -0.4 is 5.32 Å². The Bertz CT molecular complexity index is 516. The first-order valence-corrected chi connectivity index (χ1v) is 6.24. The fourth-order valence-electron chi connectivity index (χ4n) is 2.38. The minimum atomic E-state index is -0.455. The van der Waals surface area contributed by atoms with Gasteiger partial charge >= 0.3 is 0 Å². The van der Waals surface area contributed by atoms with Crippen LogP contribution in [0.15, 0.2) is 18.2 Å². The lowest BCUT2D eigenvalue weighted by molar-refractivity contribution is -0.385. The van der Waals surface area contributed by atoms with E-state index in [1.807, 2.05) is 0 Å². The lowest BCUT2D eigenvalue weighted by Crippen LogP contribution is -2.38. The molecule has 0 saturated carbocycles. The first kappa shape index (κ1) is 16.4. The number of nitro benzene ring substituents is 1. The Morgan fingerprint density at radius 2 is 2.20 bits per heavy atom. The Hall–Kier alpha value is -1.66. The predicted molar refractivity (Wildman–Crippen MR) is 78.4 cm³/mol. The number of nitrogens with one attached hydrogen (secondary N) is 1. The SMILES string of the molecule is Cc1c(C(=O)N(C)C2CCNC2)cccc1[N+](=O)[O-].Cl. The number of carbonyl (C=O) groups excluding carboxylic acids is 1. The zero-order chi connectivity index (χ0) is 14.0. The van der Waals surface area contributed by atoms with Crippen molar-refractivity contribution in [3.05, 3.63) is 39.4 Å². The average molecular weight is 300 g/mol. The number of likely N-dealkylation sites (N-methyl/N-ethyl adjacent to an activating group) is 1. The van der Waals surface area contributed by atoms with E-state index in [9.17, 15) is 14.9 Å². The summed E-state index contributed by atoms with van der Waals surface area (Å²) in [5.41, 5.74) is 0.822. The van der Waals surface area contributed by atoms with Crippen LogP contribution in [0.2, 0.25) is 0 Å². The molecule has 1 saturated heterocycles. The van der Waals surface area contributed by atoms with E-state index in [4.69, 9.17) is 0 Å². The molecule has 2 rings (SSSR count). The van der Waals surface area contributed by atoms with E-state index in [-0.39, 0.29) is 30.0 Å². The summed E-state index contributed by atoms with van der Waals surface area (Å²) in [6, 6.07) is 4.78. The van der Waals surface area contributed by atoms with Crippen LogP contribution in [0.1, 0.15) is 22.3 Å². The summed E-state index contributed by atoms with van der Waals surface area (Å²) < 4.78 is 0. The number of hydrogen-bond acceptors (Lipinski definition) is 4. The van der Waals surface area contributed by atoms with Crippen molar-refractivity contribution in [2.45, 2.75) is 19.4 Å². The monoisotopic (exact) mass is 299 g/mol. The van der Waals surface area contributed by atoms with Gasteiger partial charge in [0.25, 0.3) is 11.6 Å². The van der Waals surface area contributed by atoms with E-state index >= 15 is 0 Å². The van der Waals surface area contributed by atoms with Gasteiger partial charge in [0.1, 0.15) is 0 Å². The topological polar surface area (TPSA) is 75.5 Å². The number of nitro groups is 1. The van der Waals surface area contributed by atoms with Gasteiger partial charge in [-0.25, -0.2) is 0 Å². The Morgan fingerprint density at radius 3 is 2.75 bits per heavy atom. The van der Waals surface area contributed by atoms with Gasteiger partial charge in [-0.05, 0) is 26.0 Å². The number of nitrogens with zero attached hydrogens (tertiary/aromatic N) is 2. The second kappa shape index (κ2) is 6.67. The zero-order valence-corrected chi connectivity index (χ0v) is 12.3. The van der Waals surface area contributed by atoms with Crippen molar-refractivity contribution in [3.8, 4) is 0 Å². The molecule has 1 unspecified atom stereocenters. The van der Waals surface area contributed by atoms with Gasteiger partial charge in [0.15, 0.2) is 0 Å². The average Bonchev–Trinajstić information content (AvgIpc) is 2.90. The molecule has 0 bridgehead atoms. The van der Waals surface area contributed by atoms with Crippen molar-refractivity contribution in [1.29, 1.82) is 0 Å². The van der Waals surface area contributed by atoms with E-state index in [2.05, 4.69) is 5.32 Å². The van der Waals surface area contributed by atoms with Crippen molar-refractivity contribution in [1.82, 2.24) is 10.2 Å². The lowest BCUT2D eigenvalue weighted by atomic mass is 10.0. The number of carbonyl (C=O) groups is 1. The fourth-order valence-corrected chi connectivity index (χ4v) is 2.38. The molecular weight excluding hydrogens is 282 g/mol. The van der Waals surface area contributed by atoms with Crippen molar-refractivity contribution in [2.75, 3.05) is 20.1 Å². The zero-order valence-electron chi connectivity index (χ0n) is 11.5. The van der Waals surface area contributed by atoms with E-state index in [1.54, 1.807) is 31.0 Å². The van der Waals surface area contributed by atoms with Crippen LogP contribution in [0.4, 0.5) is 5.69 Å². The minimum Gasteiger partial charge on any atom is -0.337 e. The Morgan fingerprint density at radius 1 is 1.50 bits per heavy atom. The third-order valence-electron chi connectivity index (χ3n) is 3.63. The van der Waals surface area contributed by atoms with Gasteiger partial charge in [-0.15, -0.1) is 12.4 Å². The van der Waals surface area contributed by atoms with E-state index < -0.39 is 4.92 Å².